The Morgan fingerprint density at radius 3 is 2.33 bits per heavy atom. The van der Waals surface area contributed by atoms with Gasteiger partial charge in [-0.15, -0.1) is 0 Å². The van der Waals surface area contributed by atoms with E-state index in [-0.39, 0.29) is 0 Å². The number of rotatable bonds is 3. The third kappa shape index (κ3) is 3.84. The summed E-state index contributed by atoms with van der Waals surface area (Å²) in [7, 11) is 0. The summed E-state index contributed by atoms with van der Waals surface area (Å²) >= 11 is 0. The molecule has 100 valence electrons. The average Bonchev–Trinajstić information content (AvgIpc) is 2.31. The Kier molecular flexibility index (Phi) is 5.25. The Morgan fingerprint density at radius 2 is 1.67 bits per heavy atom. The van der Waals surface area contributed by atoms with Crippen molar-refractivity contribution in [3.05, 3.63) is 35.4 Å². The van der Waals surface area contributed by atoms with E-state index in [9.17, 15) is 0 Å². The monoisotopic (exact) mass is 245 g/mol. The second kappa shape index (κ2) is 6.94. The normalized spacial score (nSPS) is 20.1. The molecule has 0 heterocycles. The highest BCUT2D eigenvalue weighted by Gasteiger charge is 2.19. The van der Waals surface area contributed by atoms with Crippen LogP contribution in [0.1, 0.15) is 56.1 Å². The highest BCUT2D eigenvalue weighted by Crippen LogP contribution is 2.26. The van der Waals surface area contributed by atoms with Gasteiger partial charge >= 0.3 is 0 Å². The predicted octanol–water partition coefficient (Wildman–Crippen LogP) is 4.23. The first kappa shape index (κ1) is 13.6. The van der Waals surface area contributed by atoms with Gasteiger partial charge in [0.1, 0.15) is 0 Å². The molecule has 0 aromatic heterocycles. The number of hydrogen-bond acceptors (Lipinski definition) is 1. The lowest BCUT2D eigenvalue weighted by Gasteiger charge is -2.26. The van der Waals surface area contributed by atoms with Crippen molar-refractivity contribution in [3.63, 3.8) is 0 Å². The minimum atomic E-state index is 0.351. The molecule has 0 radical (unpaired) electrons. The molecule has 18 heavy (non-hydrogen) atoms. The SMILES string of the molecule is Cc1ccccc1CC(N)C1CCCCCCC1. The summed E-state index contributed by atoms with van der Waals surface area (Å²) in [6.45, 7) is 2.19. The number of nitrogens with two attached hydrogens (primary N) is 1. The smallest absolute Gasteiger partial charge is 0.0108 e. The van der Waals surface area contributed by atoms with Crippen molar-refractivity contribution in [2.24, 2.45) is 11.7 Å². The van der Waals surface area contributed by atoms with E-state index < -0.39 is 0 Å². The molecule has 0 bridgehead atoms. The molecule has 1 aromatic rings. The van der Waals surface area contributed by atoms with Gasteiger partial charge in [0.15, 0.2) is 0 Å². The van der Waals surface area contributed by atoms with E-state index >= 15 is 0 Å². The van der Waals surface area contributed by atoms with E-state index in [0.29, 0.717) is 6.04 Å². The van der Waals surface area contributed by atoms with Crippen molar-refractivity contribution < 1.29 is 0 Å². The van der Waals surface area contributed by atoms with Gasteiger partial charge in [-0.05, 0) is 43.2 Å². The predicted molar refractivity (Wildman–Crippen MR) is 78.7 cm³/mol. The summed E-state index contributed by atoms with van der Waals surface area (Å²) < 4.78 is 0. The van der Waals surface area contributed by atoms with Crippen molar-refractivity contribution in [3.8, 4) is 0 Å². The molecule has 1 atom stereocenters. The van der Waals surface area contributed by atoms with E-state index in [0.717, 1.165) is 12.3 Å². The molecule has 1 aliphatic carbocycles. The molecule has 1 aliphatic rings. The molecule has 1 unspecified atom stereocenters. The minimum Gasteiger partial charge on any atom is -0.327 e. The Hall–Kier alpha value is -0.820. The molecule has 1 heteroatoms. The molecule has 0 aliphatic heterocycles. The summed E-state index contributed by atoms with van der Waals surface area (Å²) in [4.78, 5) is 0. The van der Waals surface area contributed by atoms with Crippen molar-refractivity contribution in [1.29, 1.82) is 0 Å². The molecule has 1 aromatic carbocycles. The van der Waals surface area contributed by atoms with Crippen LogP contribution in [0.5, 0.6) is 0 Å². The Labute approximate surface area is 112 Å². The van der Waals surface area contributed by atoms with Crippen molar-refractivity contribution >= 4 is 0 Å². The maximum Gasteiger partial charge on any atom is 0.0108 e. The number of hydrogen-bond donors (Lipinski definition) is 1. The summed E-state index contributed by atoms with van der Waals surface area (Å²) in [6, 6.07) is 9.02. The lowest BCUT2D eigenvalue weighted by molar-refractivity contribution is 0.322. The largest absolute Gasteiger partial charge is 0.327 e. The van der Waals surface area contributed by atoms with E-state index in [1.807, 2.05) is 0 Å². The second-order valence-electron chi connectivity index (χ2n) is 5.90. The topological polar surface area (TPSA) is 26.0 Å². The van der Waals surface area contributed by atoms with E-state index in [2.05, 4.69) is 31.2 Å². The van der Waals surface area contributed by atoms with Gasteiger partial charge in [0.05, 0.1) is 0 Å². The average molecular weight is 245 g/mol. The zero-order chi connectivity index (χ0) is 12.8. The van der Waals surface area contributed by atoms with E-state index in [4.69, 9.17) is 5.73 Å². The summed E-state index contributed by atoms with van der Waals surface area (Å²) in [6.07, 6.45) is 10.7. The van der Waals surface area contributed by atoms with E-state index in [1.54, 1.807) is 0 Å². The van der Waals surface area contributed by atoms with Crippen LogP contribution in [0.15, 0.2) is 24.3 Å². The first-order valence-corrected chi connectivity index (χ1v) is 7.57. The van der Waals surface area contributed by atoms with Crippen LogP contribution in [-0.2, 0) is 6.42 Å². The first-order valence-electron chi connectivity index (χ1n) is 7.57. The molecule has 1 fully saturated rings. The maximum absolute atomic E-state index is 6.47. The van der Waals surface area contributed by atoms with Crippen molar-refractivity contribution in [2.45, 2.75) is 64.3 Å². The fraction of sp³-hybridized carbons (Fsp3) is 0.647. The fourth-order valence-electron chi connectivity index (χ4n) is 3.18. The summed E-state index contributed by atoms with van der Waals surface area (Å²) in [5.41, 5.74) is 9.29. The zero-order valence-electron chi connectivity index (χ0n) is 11.7. The molecule has 1 nitrogen and oxygen atoms in total. The molecule has 2 rings (SSSR count). The third-order valence-electron chi connectivity index (χ3n) is 4.47. The van der Waals surface area contributed by atoms with Crippen LogP contribution in [0, 0.1) is 12.8 Å². The first-order chi connectivity index (χ1) is 8.77. The highest BCUT2D eigenvalue weighted by molar-refractivity contribution is 5.26. The standard InChI is InChI=1S/C17H27N/c1-14-9-7-8-12-16(14)13-17(18)15-10-5-3-2-4-6-11-15/h7-9,12,15,17H,2-6,10-11,13,18H2,1H3. The zero-order valence-corrected chi connectivity index (χ0v) is 11.7. The Balaban J connectivity index is 1.93. The molecule has 1 saturated carbocycles. The molecular weight excluding hydrogens is 218 g/mol. The number of benzene rings is 1. The highest BCUT2D eigenvalue weighted by atomic mass is 14.6. The molecule has 2 N–H and O–H groups in total. The van der Waals surface area contributed by atoms with Gasteiger partial charge in [0.2, 0.25) is 0 Å². The fourth-order valence-corrected chi connectivity index (χ4v) is 3.18. The van der Waals surface area contributed by atoms with Gasteiger partial charge in [-0.2, -0.15) is 0 Å². The second-order valence-corrected chi connectivity index (χ2v) is 5.90. The summed E-state index contributed by atoms with van der Waals surface area (Å²) in [5.74, 6) is 0.741. The molecule has 0 saturated heterocycles. The van der Waals surface area contributed by atoms with Gasteiger partial charge in [0.25, 0.3) is 0 Å². The van der Waals surface area contributed by atoms with Gasteiger partial charge in [-0.25, -0.2) is 0 Å². The lowest BCUT2D eigenvalue weighted by Crippen LogP contribution is -2.33. The minimum absolute atomic E-state index is 0.351. The van der Waals surface area contributed by atoms with Gasteiger partial charge in [-0.1, -0.05) is 56.4 Å². The van der Waals surface area contributed by atoms with Crippen LogP contribution < -0.4 is 5.73 Å². The molecule has 0 amide bonds. The van der Waals surface area contributed by atoms with E-state index in [1.165, 1.54) is 56.1 Å². The molecule has 0 spiro atoms. The Bertz CT molecular complexity index is 350. The van der Waals surface area contributed by atoms with Gasteiger partial charge < -0.3 is 5.73 Å². The number of aryl methyl sites for hydroxylation is 1. The van der Waals surface area contributed by atoms with Gasteiger partial charge in [-0.3, -0.25) is 0 Å². The van der Waals surface area contributed by atoms with Crippen LogP contribution in [0.2, 0.25) is 0 Å². The van der Waals surface area contributed by atoms with Gasteiger partial charge in [0, 0.05) is 6.04 Å². The lowest BCUT2D eigenvalue weighted by atomic mass is 9.83. The van der Waals surface area contributed by atoms with Crippen molar-refractivity contribution in [1.82, 2.24) is 0 Å². The Morgan fingerprint density at radius 1 is 1.06 bits per heavy atom. The summed E-state index contributed by atoms with van der Waals surface area (Å²) in [5, 5.41) is 0. The van der Waals surface area contributed by atoms with Crippen LogP contribution in [0.3, 0.4) is 0 Å². The third-order valence-corrected chi connectivity index (χ3v) is 4.47. The van der Waals surface area contributed by atoms with Crippen LogP contribution in [0.25, 0.3) is 0 Å². The molecular formula is C17H27N. The van der Waals surface area contributed by atoms with Crippen LogP contribution >= 0.6 is 0 Å². The van der Waals surface area contributed by atoms with Crippen LogP contribution in [-0.4, -0.2) is 6.04 Å². The van der Waals surface area contributed by atoms with Crippen LogP contribution in [0.4, 0.5) is 0 Å². The maximum atomic E-state index is 6.47. The quantitative estimate of drug-likeness (QED) is 0.847. The van der Waals surface area contributed by atoms with Crippen molar-refractivity contribution in [2.75, 3.05) is 0 Å².